The van der Waals surface area contributed by atoms with Crippen molar-refractivity contribution < 1.29 is 9.47 Å². The van der Waals surface area contributed by atoms with Gasteiger partial charge >= 0.3 is 0 Å². The molecule has 0 atom stereocenters. The third-order valence-electron chi connectivity index (χ3n) is 3.31. The van der Waals surface area contributed by atoms with Crippen molar-refractivity contribution >= 4 is 23.2 Å². The fourth-order valence-electron chi connectivity index (χ4n) is 2.24. The zero-order valence-electron chi connectivity index (χ0n) is 11.8. The van der Waals surface area contributed by atoms with Crippen molar-refractivity contribution in [3.63, 3.8) is 0 Å². The summed E-state index contributed by atoms with van der Waals surface area (Å²) in [4.78, 5) is 0. The summed E-state index contributed by atoms with van der Waals surface area (Å²) in [5.74, 6) is 1.37. The van der Waals surface area contributed by atoms with E-state index in [1.807, 2.05) is 60.7 Å². The SMILES string of the molecule is ClC1=C(Cl)OC(Cc2ccccc2)=C(Cc2ccccc2)O1. The Hall–Kier alpha value is -1.90. The van der Waals surface area contributed by atoms with E-state index in [9.17, 15) is 0 Å². The maximum absolute atomic E-state index is 5.96. The van der Waals surface area contributed by atoms with E-state index in [1.165, 1.54) is 0 Å². The Labute approximate surface area is 139 Å². The molecule has 0 spiro atoms. The van der Waals surface area contributed by atoms with Crippen LogP contribution in [0.15, 0.2) is 82.6 Å². The highest BCUT2D eigenvalue weighted by molar-refractivity contribution is 6.37. The van der Waals surface area contributed by atoms with Crippen molar-refractivity contribution in [3.8, 4) is 0 Å². The third kappa shape index (κ3) is 3.65. The van der Waals surface area contributed by atoms with Gasteiger partial charge in [0.2, 0.25) is 10.4 Å². The van der Waals surface area contributed by atoms with Gasteiger partial charge in [-0.2, -0.15) is 0 Å². The maximum Gasteiger partial charge on any atom is 0.248 e. The largest absolute Gasteiger partial charge is 0.441 e. The van der Waals surface area contributed by atoms with Gasteiger partial charge in [-0.25, -0.2) is 0 Å². The molecule has 0 saturated heterocycles. The summed E-state index contributed by atoms with van der Waals surface area (Å²) in [6.07, 6.45) is 1.20. The van der Waals surface area contributed by atoms with Crippen LogP contribution >= 0.6 is 23.2 Å². The van der Waals surface area contributed by atoms with Crippen LogP contribution in [0.2, 0.25) is 0 Å². The molecular formula is C18H14Cl2O2. The van der Waals surface area contributed by atoms with Gasteiger partial charge in [-0.1, -0.05) is 60.7 Å². The molecule has 112 valence electrons. The highest BCUT2D eigenvalue weighted by Gasteiger charge is 2.22. The zero-order chi connectivity index (χ0) is 15.4. The Kier molecular flexibility index (Phi) is 4.71. The second kappa shape index (κ2) is 6.91. The van der Waals surface area contributed by atoms with Crippen molar-refractivity contribution in [2.24, 2.45) is 0 Å². The minimum atomic E-state index is 0.0735. The molecule has 0 unspecified atom stereocenters. The zero-order valence-corrected chi connectivity index (χ0v) is 13.3. The van der Waals surface area contributed by atoms with Crippen molar-refractivity contribution in [2.45, 2.75) is 12.8 Å². The molecule has 0 N–H and O–H groups in total. The Bertz CT molecular complexity index is 645. The van der Waals surface area contributed by atoms with E-state index in [1.54, 1.807) is 0 Å². The second-order valence-corrected chi connectivity index (χ2v) is 5.61. The lowest BCUT2D eigenvalue weighted by molar-refractivity contribution is 0.197. The lowest BCUT2D eigenvalue weighted by atomic mass is 10.1. The molecule has 1 heterocycles. The molecule has 3 rings (SSSR count). The highest BCUT2D eigenvalue weighted by atomic mass is 35.5. The lowest BCUT2D eigenvalue weighted by Gasteiger charge is -2.21. The van der Waals surface area contributed by atoms with E-state index in [2.05, 4.69) is 0 Å². The maximum atomic E-state index is 5.96. The van der Waals surface area contributed by atoms with Gasteiger partial charge in [0.25, 0.3) is 0 Å². The molecule has 1 aliphatic rings. The molecule has 0 aromatic heterocycles. The van der Waals surface area contributed by atoms with Gasteiger partial charge < -0.3 is 9.47 Å². The molecule has 0 radical (unpaired) electrons. The van der Waals surface area contributed by atoms with Gasteiger partial charge in [-0.05, 0) is 34.3 Å². The average Bonchev–Trinajstić information content (AvgIpc) is 2.54. The normalized spacial score (nSPS) is 14.6. The van der Waals surface area contributed by atoms with Crippen LogP contribution in [0.3, 0.4) is 0 Å². The number of halogens is 2. The van der Waals surface area contributed by atoms with Crippen molar-refractivity contribution in [2.75, 3.05) is 0 Å². The lowest BCUT2D eigenvalue weighted by Crippen LogP contribution is -2.10. The van der Waals surface area contributed by atoms with Gasteiger partial charge in [-0.3, -0.25) is 0 Å². The molecule has 0 fully saturated rings. The number of ether oxygens (including phenoxy) is 2. The van der Waals surface area contributed by atoms with Crippen LogP contribution in [0.4, 0.5) is 0 Å². The molecule has 1 aliphatic heterocycles. The highest BCUT2D eigenvalue weighted by Crippen LogP contribution is 2.32. The molecule has 0 aliphatic carbocycles. The summed E-state index contributed by atoms with van der Waals surface area (Å²) in [5.41, 5.74) is 2.24. The monoisotopic (exact) mass is 332 g/mol. The Morgan fingerprint density at radius 1 is 0.591 bits per heavy atom. The fraction of sp³-hybridized carbons (Fsp3) is 0.111. The number of hydrogen-bond donors (Lipinski definition) is 0. The van der Waals surface area contributed by atoms with Crippen molar-refractivity contribution in [3.05, 3.63) is 93.7 Å². The molecule has 22 heavy (non-hydrogen) atoms. The number of rotatable bonds is 4. The number of hydrogen-bond acceptors (Lipinski definition) is 2. The summed E-state index contributed by atoms with van der Waals surface area (Å²) < 4.78 is 11.3. The topological polar surface area (TPSA) is 18.5 Å². The van der Waals surface area contributed by atoms with Gasteiger partial charge in [0.1, 0.15) is 11.5 Å². The molecule has 2 aromatic carbocycles. The summed E-state index contributed by atoms with van der Waals surface area (Å²) in [7, 11) is 0. The van der Waals surface area contributed by atoms with Crippen molar-refractivity contribution in [1.29, 1.82) is 0 Å². The van der Waals surface area contributed by atoms with Crippen LogP contribution in [-0.4, -0.2) is 0 Å². The Balaban J connectivity index is 1.87. The van der Waals surface area contributed by atoms with E-state index < -0.39 is 0 Å². The van der Waals surface area contributed by atoms with E-state index >= 15 is 0 Å². The quantitative estimate of drug-likeness (QED) is 0.752. The average molecular weight is 333 g/mol. The van der Waals surface area contributed by atoms with Crippen LogP contribution in [0.25, 0.3) is 0 Å². The first-order chi connectivity index (χ1) is 10.7. The predicted molar refractivity (Wildman–Crippen MR) is 88.2 cm³/mol. The van der Waals surface area contributed by atoms with Crippen molar-refractivity contribution in [1.82, 2.24) is 0 Å². The van der Waals surface area contributed by atoms with Gasteiger partial charge in [-0.15, -0.1) is 0 Å². The smallest absolute Gasteiger partial charge is 0.248 e. The minimum Gasteiger partial charge on any atom is -0.441 e. The third-order valence-corrected chi connectivity index (χ3v) is 3.90. The molecule has 0 saturated carbocycles. The van der Waals surface area contributed by atoms with Crippen LogP contribution in [-0.2, 0) is 22.3 Å². The summed E-state index contributed by atoms with van der Waals surface area (Å²) >= 11 is 11.9. The first-order valence-electron chi connectivity index (χ1n) is 6.93. The standard InChI is InChI=1S/C18H14Cl2O2/c19-17-18(20)22-16(12-14-9-5-2-6-10-14)15(21-17)11-13-7-3-1-4-8-13/h1-10H,11-12H2. The molecule has 2 nitrogen and oxygen atoms in total. The van der Waals surface area contributed by atoms with E-state index in [-0.39, 0.29) is 10.4 Å². The Morgan fingerprint density at radius 3 is 1.32 bits per heavy atom. The molecule has 0 amide bonds. The fourth-order valence-corrected chi connectivity index (χ4v) is 2.51. The van der Waals surface area contributed by atoms with Crippen LogP contribution in [0.1, 0.15) is 11.1 Å². The molecule has 4 heteroatoms. The van der Waals surface area contributed by atoms with Gasteiger partial charge in [0, 0.05) is 12.8 Å². The first kappa shape index (κ1) is 15.0. The predicted octanol–water partition coefficient (Wildman–Crippen LogP) is 5.33. The van der Waals surface area contributed by atoms with Crippen LogP contribution < -0.4 is 0 Å². The molecule has 0 bridgehead atoms. The number of allylic oxidation sites excluding steroid dienone is 2. The summed E-state index contributed by atoms with van der Waals surface area (Å²) in [5, 5.41) is 0.147. The van der Waals surface area contributed by atoms with Crippen LogP contribution in [0.5, 0.6) is 0 Å². The number of benzene rings is 2. The minimum absolute atomic E-state index is 0.0735. The van der Waals surface area contributed by atoms with Gasteiger partial charge in [0.05, 0.1) is 0 Å². The van der Waals surface area contributed by atoms with E-state index in [0.717, 1.165) is 11.1 Å². The summed E-state index contributed by atoms with van der Waals surface area (Å²) in [6, 6.07) is 20.0. The molecule has 2 aromatic rings. The molecular weight excluding hydrogens is 319 g/mol. The van der Waals surface area contributed by atoms with Crippen LogP contribution in [0, 0.1) is 0 Å². The Morgan fingerprint density at radius 2 is 0.955 bits per heavy atom. The summed E-state index contributed by atoms with van der Waals surface area (Å²) in [6.45, 7) is 0. The van der Waals surface area contributed by atoms with Gasteiger partial charge in [0.15, 0.2) is 0 Å². The van der Waals surface area contributed by atoms with E-state index in [4.69, 9.17) is 32.7 Å². The second-order valence-electron chi connectivity index (χ2n) is 4.92. The van der Waals surface area contributed by atoms with E-state index in [0.29, 0.717) is 24.4 Å². The first-order valence-corrected chi connectivity index (χ1v) is 7.69.